The van der Waals surface area contributed by atoms with Crippen LogP contribution in [0.4, 0.5) is 0 Å². The lowest BCUT2D eigenvalue weighted by molar-refractivity contribution is -0.135. The van der Waals surface area contributed by atoms with Gasteiger partial charge in [0.25, 0.3) is 0 Å². The fraction of sp³-hybridized carbons (Fsp3) is 0.632. The van der Waals surface area contributed by atoms with E-state index in [1.165, 1.54) is 16.1 Å². The summed E-state index contributed by atoms with van der Waals surface area (Å²) in [5.74, 6) is 0.454. The van der Waals surface area contributed by atoms with Crippen molar-refractivity contribution in [3.63, 3.8) is 0 Å². The number of amides is 1. The van der Waals surface area contributed by atoms with Crippen LogP contribution in [0.5, 0.6) is 0 Å². The van der Waals surface area contributed by atoms with Gasteiger partial charge in [-0.3, -0.25) is 4.79 Å². The van der Waals surface area contributed by atoms with Gasteiger partial charge in [0, 0.05) is 19.1 Å². The van der Waals surface area contributed by atoms with Crippen molar-refractivity contribution in [2.45, 2.75) is 64.1 Å². The molecule has 0 N–H and O–H groups in total. The summed E-state index contributed by atoms with van der Waals surface area (Å²) in [6.45, 7) is 5.34. The maximum Gasteiger partial charge on any atom is 0.241 e. The summed E-state index contributed by atoms with van der Waals surface area (Å²) in [5, 5.41) is 0. The Hall–Kier alpha value is -1.40. The average molecular weight is 365 g/mol. The van der Waals surface area contributed by atoms with Gasteiger partial charge >= 0.3 is 0 Å². The Morgan fingerprint density at radius 3 is 2.36 bits per heavy atom. The number of benzene rings is 1. The van der Waals surface area contributed by atoms with Crippen molar-refractivity contribution in [1.29, 1.82) is 0 Å². The van der Waals surface area contributed by atoms with Crippen LogP contribution in [-0.4, -0.2) is 48.4 Å². The predicted octanol–water partition coefficient (Wildman–Crippen LogP) is 2.73. The van der Waals surface area contributed by atoms with E-state index in [-0.39, 0.29) is 11.9 Å². The number of carbonyl (C=O) groups is 1. The molecule has 0 radical (unpaired) electrons. The van der Waals surface area contributed by atoms with Crippen LogP contribution in [0.15, 0.2) is 24.3 Å². The molecule has 25 heavy (non-hydrogen) atoms. The molecule has 1 atom stereocenters. The zero-order valence-electron chi connectivity index (χ0n) is 15.3. The largest absolute Gasteiger partial charge is 0.334 e. The van der Waals surface area contributed by atoms with E-state index >= 15 is 0 Å². The summed E-state index contributed by atoms with van der Waals surface area (Å²) in [5.41, 5.74) is 2.39. The Bertz CT molecular complexity index is 724. The van der Waals surface area contributed by atoms with Crippen LogP contribution < -0.4 is 0 Å². The molecule has 1 unspecified atom stereocenters. The van der Waals surface area contributed by atoms with E-state index in [1.807, 2.05) is 4.90 Å². The quantitative estimate of drug-likeness (QED) is 0.780. The SMILES string of the molecule is CC(C)c1ccc(CN(C(=O)C2CCCN2S(C)(=O)=O)C2CC2)cc1. The third-order valence-corrected chi connectivity index (χ3v) is 6.47. The molecule has 2 fully saturated rings. The van der Waals surface area contributed by atoms with Crippen LogP contribution in [0.25, 0.3) is 0 Å². The normalized spacial score (nSPS) is 21.7. The van der Waals surface area contributed by atoms with Gasteiger partial charge in [-0.25, -0.2) is 8.42 Å². The minimum atomic E-state index is -3.34. The van der Waals surface area contributed by atoms with Crippen LogP contribution in [0.2, 0.25) is 0 Å². The summed E-state index contributed by atoms with van der Waals surface area (Å²) in [6, 6.07) is 8.15. The minimum absolute atomic E-state index is 0.0293. The minimum Gasteiger partial charge on any atom is -0.334 e. The van der Waals surface area contributed by atoms with E-state index in [9.17, 15) is 13.2 Å². The first-order valence-corrected chi connectivity index (χ1v) is 11.0. The highest BCUT2D eigenvalue weighted by Gasteiger charge is 2.42. The van der Waals surface area contributed by atoms with Crippen molar-refractivity contribution < 1.29 is 13.2 Å². The lowest BCUT2D eigenvalue weighted by Gasteiger charge is -2.29. The predicted molar refractivity (Wildman–Crippen MR) is 98.7 cm³/mol. The maximum atomic E-state index is 13.1. The lowest BCUT2D eigenvalue weighted by Crippen LogP contribution is -2.48. The fourth-order valence-corrected chi connectivity index (χ4v) is 4.67. The van der Waals surface area contributed by atoms with Gasteiger partial charge in [0.15, 0.2) is 0 Å². The van der Waals surface area contributed by atoms with Crippen LogP contribution >= 0.6 is 0 Å². The van der Waals surface area contributed by atoms with Crippen LogP contribution in [0.3, 0.4) is 0 Å². The lowest BCUT2D eigenvalue weighted by atomic mass is 10.0. The van der Waals surface area contributed by atoms with Crippen molar-refractivity contribution in [3.8, 4) is 0 Å². The third kappa shape index (κ3) is 4.23. The number of nitrogens with zero attached hydrogens (tertiary/aromatic N) is 2. The molecular formula is C19H28N2O3S. The highest BCUT2D eigenvalue weighted by Crippen LogP contribution is 2.32. The second-order valence-corrected chi connectivity index (χ2v) is 9.56. The molecule has 0 spiro atoms. The molecule has 5 nitrogen and oxygen atoms in total. The fourth-order valence-electron chi connectivity index (χ4n) is 3.55. The van der Waals surface area contributed by atoms with Gasteiger partial charge in [-0.2, -0.15) is 4.31 Å². The Labute approximate surface area is 151 Å². The van der Waals surface area contributed by atoms with E-state index in [0.29, 0.717) is 25.4 Å². The van der Waals surface area contributed by atoms with Gasteiger partial charge < -0.3 is 4.90 Å². The first-order chi connectivity index (χ1) is 11.8. The summed E-state index contributed by atoms with van der Waals surface area (Å²) in [6.07, 6.45) is 4.61. The molecule has 1 aliphatic carbocycles. The third-order valence-electron chi connectivity index (χ3n) is 5.18. The molecule has 1 saturated carbocycles. The zero-order chi connectivity index (χ0) is 18.2. The number of rotatable bonds is 6. The van der Waals surface area contributed by atoms with E-state index in [1.54, 1.807) is 0 Å². The molecule has 0 bridgehead atoms. The van der Waals surface area contributed by atoms with Crippen molar-refractivity contribution in [2.75, 3.05) is 12.8 Å². The van der Waals surface area contributed by atoms with E-state index < -0.39 is 16.1 Å². The molecule has 3 rings (SSSR count). The van der Waals surface area contributed by atoms with E-state index in [4.69, 9.17) is 0 Å². The van der Waals surface area contributed by atoms with Gasteiger partial charge in [0.2, 0.25) is 15.9 Å². The summed E-state index contributed by atoms with van der Waals surface area (Å²) in [4.78, 5) is 15.0. The zero-order valence-corrected chi connectivity index (χ0v) is 16.1. The molecule has 1 aromatic carbocycles. The van der Waals surface area contributed by atoms with Crippen molar-refractivity contribution in [3.05, 3.63) is 35.4 Å². The number of hydrogen-bond donors (Lipinski definition) is 0. The second-order valence-electron chi connectivity index (χ2n) is 7.63. The van der Waals surface area contributed by atoms with Crippen molar-refractivity contribution >= 4 is 15.9 Å². The second kappa shape index (κ2) is 7.08. The molecule has 0 aromatic heterocycles. The smallest absolute Gasteiger partial charge is 0.241 e. The highest BCUT2D eigenvalue weighted by molar-refractivity contribution is 7.88. The molecular weight excluding hydrogens is 336 g/mol. The van der Waals surface area contributed by atoms with Gasteiger partial charge in [-0.15, -0.1) is 0 Å². The standard InChI is InChI=1S/C19H28N2O3S/c1-14(2)16-8-6-15(7-9-16)13-20(17-10-11-17)19(22)18-5-4-12-21(18)25(3,23)24/h6-9,14,17-18H,4-5,10-13H2,1-3H3. The van der Waals surface area contributed by atoms with Crippen molar-refractivity contribution in [2.24, 2.45) is 0 Å². The van der Waals surface area contributed by atoms with Crippen LogP contribution in [0.1, 0.15) is 56.6 Å². The number of hydrogen-bond acceptors (Lipinski definition) is 3. The summed E-state index contributed by atoms with van der Waals surface area (Å²) in [7, 11) is -3.34. The highest BCUT2D eigenvalue weighted by atomic mass is 32.2. The molecule has 1 aliphatic heterocycles. The first kappa shape index (κ1) is 18.4. The van der Waals surface area contributed by atoms with Gasteiger partial charge in [0.1, 0.15) is 6.04 Å². The van der Waals surface area contributed by atoms with Crippen LogP contribution in [0, 0.1) is 0 Å². The van der Waals surface area contributed by atoms with Crippen LogP contribution in [-0.2, 0) is 21.4 Å². The molecule has 1 aromatic rings. The molecule has 1 saturated heterocycles. The Morgan fingerprint density at radius 2 is 1.84 bits per heavy atom. The Morgan fingerprint density at radius 1 is 1.20 bits per heavy atom. The summed E-state index contributed by atoms with van der Waals surface area (Å²) < 4.78 is 25.3. The molecule has 1 amide bonds. The number of carbonyl (C=O) groups excluding carboxylic acids is 1. The monoisotopic (exact) mass is 364 g/mol. The van der Waals surface area contributed by atoms with E-state index in [0.717, 1.165) is 24.8 Å². The van der Waals surface area contributed by atoms with Gasteiger partial charge in [0.05, 0.1) is 6.26 Å². The molecule has 138 valence electrons. The maximum absolute atomic E-state index is 13.1. The van der Waals surface area contributed by atoms with Gasteiger partial charge in [-0.05, 0) is 42.7 Å². The Balaban J connectivity index is 1.76. The molecule has 1 heterocycles. The number of sulfonamides is 1. The first-order valence-electron chi connectivity index (χ1n) is 9.13. The van der Waals surface area contributed by atoms with E-state index in [2.05, 4.69) is 38.1 Å². The van der Waals surface area contributed by atoms with Crippen molar-refractivity contribution in [1.82, 2.24) is 9.21 Å². The average Bonchev–Trinajstić information content (AvgIpc) is 3.26. The molecule has 2 aliphatic rings. The molecule has 6 heteroatoms. The summed E-state index contributed by atoms with van der Waals surface area (Å²) >= 11 is 0. The topological polar surface area (TPSA) is 57.7 Å². The van der Waals surface area contributed by atoms with Gasteiger partial charge in [-0.1, -0.05) is 38.1 Å². The Kier molecular flexibility index (Phi) is 5.21.